The summed E-state index contributed by atoms with van der Waals surface area (Å²) >= 11 is 7.12. The summed E-state index contributed by atoms with van der Waals surface area (Å²) in [6, 6.07) is 0. The molecule has 0 bridgehead atoms. The summed E-state index contributed by atoms with van der Waals surface area (Å²) in [5, 5.41) is 0. The highest BCUT2D eigenvalue weighted by atomic mass is 32.9. The van der Waals surface area contributed by atoms with Gasteiger partial charge in [-0.2, -0.15) is 0 Å². The Kier molecular flexibility index (Phi) is 7.29. The average molecular weight is 320 g/mol. The second-order valence-electron chi connectivity index (χ2n) is 4.33. The number of aromatic nitrogens is 2. The lowest BCUT2D eigenvalue weighted by Gasteiger charge is -2.21. The lowest BCUT2D eigenvalue weighted by atomic mass is 10.3. The molecule has 1 atom stereocenters. The van der Waals surface area contributed by atoms with E-state index in [1.165, 1.54) is 0 Å². The topological polar surface area (TPSA) is 44.2 Å². The fraction of sp³-hybridized carbons (Fsp3) is 0.667. The molecule has 0 fully saturated rings. The van der Waals surface area contributed by atoms with Crippen molar-refractivity contribution in [2.45, 2.75) is 34.1 Å². The maximum absolute atomic E-state index is 5.83. The molecule has 1 aromatic rings. The van der Waals surface area contributed by atoms with Crippen LogP contribution < -0.4 is 4.52 Å². The highest BCUT2D eigenvalue weighted by Gasteiger charge is 2.22. The molecule has 4 nitrogen and oxygen atoms in total. The number of nitrogens with zero attached hydrogens (tertiary/aromatic N) is 2. The van der Waals surface area contributed by atoms with Gasteiger partial charge in [0.05, 0.1) is 19.0 Å². The average Bonchev–Trinajstić information content (AvgIpc) is 2.38. The Bertz CT molecular complexity index is 426. The van der Waals surface area contributed by atoms with Gasteiger partial charge < -0.3 is 9.05 Å². The minimum absolute atomic E-state index is 0.551. The fourth-order valence-electron chi connectivity index (χ4n) is 1.19. The van der Waals surface area contributed by atoms with E-state index in [0.29, 0.717) is 18.3 Å². The zero-order valence-corrected chi connectivity index (χ0v) is 14.4. The van der Waals surface area contributed by atoms with Crippen molar-refractivity contribution >= 4 is 28.9 Å². The molecule has 0 saturated carbocycles. The zero-order chi connectivity index (χ0) is 14.3. The highest BCUT2D eigenvalue weighted by molar-refractivity contribution is 8.68. The minimum Gasteiger partial charge on any atom is -0.433 e. The Balaban J connectivity index is 2.73. The second-order valence-corrected chi connectivity index (χ2v) is 10.6. The summed E-state index contributed by atoms with van der Waals surface area (Å²) in [6.07, 6.45) is 4.14. The number of aryl methyl sites for hydroxylation is 1. The lowest BCUT2D eigenvalue weighted by Crippen LogP contribution is -2.00. The van der Waals surface area contributed by atoms with Gasteiger partial charge in [0.15, 0.2) is 5.75 Å². The maximum Gasteiger partial charge on any atom is 0.297 e. The van der Waals surface area contributed by atoms with Crippen LogP contribution in [0.3, 0.4) is 0 Å². The Labute approximate surface area is 124 Å². The van der Waals surface area contributed by atoms with Gasteiger partial charge in [-0.3, -0.25) is 0 Å². The summed E-state index contributed by atoms with van der Waals surface area (Å²) in [5.41, 5.74) is -2.35. The van der Waals surface area contributed by atoms with Crippen LogP contribution in [0.2, 0.25) is 0 Å². The van der Waals surface area contributed by atoms with Crippen molar-refractivity contribution in [3.8, 4) is 5.75 Å². The quantitative estimate of drug-likeness (QED) is 0.673. The van der Waals surface area contributed by atoms with Gasteiger partial charge >= 0.3 is 0 Å². The van der Waals surface area contributed by atoms with E-state index in [4.69, 9.17) is 20.9 Å². The smallest absolute Gasteiger partial charge is 0.297 e. The fourth-order valence-corrected chi connectivity index (χ4v) is 6.04. The first-order valence-electron chi connectivity index (χ1n) is 6.38. The second kappa shape index (κ2) is 8.20. The molecule has 0 aromatic carbocycles. The van der Waals surface area contributed by atoms with Crippen LogP contribution in [0, 0.1) is 5.92 Å². The summed E-state index contributed by atoms with van der Waals surface area (Å²) < 4.78 is 11.5. The first-order chi connectivity index (χ1) is 8.99. The largest absolute Gasteiger partial charge is 0.433 e. The van der Waals surface area contributed by atoms with Crippen LogP contribution in [0.25, 0.3) is 0 Å². The molecule has 0 radical (unpaired) electrons. The van der Waals surface area contributed by atoms with Crippen LogP contribution in [0.5, 0.6) is 5.75 Å². The molecule has 0 aliphatic carbocycles. The van der Waals surface area contributed by atoms with Crippen molar-refractivity contribution in [1.29, 1.82) is 0 Å². The van der Waals surface area contributed by atoms with Crippen molar-refractivity contribution in [2.24, 2.45) is 5.92 Å². The zero-order valence-electron chi connectivity index (χ0n) is 11.8. The van der Waals surface area contributed by atoms with Gasteiger partial charge in [-0.1, -0.05) is 32.2 Å². The van der Waals surface area contributed by atoms with Crippen LogP contribution in [0.1, 0.15) is 33.5 Å². The molecule has 0 spiro atoms. The normalized spacial score (nSPS) is 14.4. The first-order valence-corrected chi connectivity index (χ1v) is 10.6. The summed E-state index contributed by atoms with van der Waals surface area (Å²) in [5.74, 6) is 2.86. The summed E-state index contributed by atoms with van der Waals surface area (Å²) in [4.78, 5) is 8.41. The Morgan fingerprint density at radius 2 is 1.95 bits per heavy atom. The molecule has 0 N–H and O–H groups in total. The molecule has 0 aliphatic rings. The van der Waals surface area contributed by atoms with E-state index in [9.17, 15) is 0 Å². The molecule has 19 heavy (non-hydrogen) atoms. The number of hydrogen-bond acceptors (Lipinski definition) is 6. The van der Waals surface area contributed by atoms with Crippen molar-refractivity contribution in [2.75, 3.05) is 12.4 Å². The summed E-state index contributed by atoms with van der Waals surface area (Å²) in [7, 11) is 0. The van der Waals surface area contributed by atoms with Crippen molar-refractivity contribution < 1.29 is 9.05 Å². The van der Waals surface area contributed by atoms with E-state index in [0.717, 1.165) is 18.0 Å². The Morgan fingerprint density at radius 3 is 2.42 bits per heavy atom. The van der Waals surface area contributed by atoms with Crippen molar-refractivity contribution in [3.63, 3.8) is 0 Å². The summed E-state index contributed by atoms with van der Waals surface area (Å²) in [6.45, 7) is 8.79. The third kappa shape index (κ3) is 6.21. The van der Waals surface area contributed by atoms with Crippen LogP contribution in [0.15, 0.2) is 12.4 Å². The molecule has 1 unspecified atom stereocenters. The van der Waals surface area contributed by atoms with Gasteiger partial charge in [0.2, 0.25) is 0 Å². The third-order valence-electron chi connectivity index (χ3n) is 2.07. The van der Waals surface area contributed by atoms with E-state index in [2.05, 4.69) is 23.8 Å². The minimum atomic E-state index is -2.35. The van der Waals surface area contributed by atoms with E-state index in [1.807, 2.05) is 13.8 Å². The third-order valence-corrected chi connectivity index (χ3v) is 7.63. The molecule has 108 valence electrons. The van der Waals surface area contributed by atoms with Gasteiger partial charge in [-0.05, 0) is 24.6 Å². The standard InChI is InChI=1S/C12H21N2O2PS2/c1-5-12-13-7-11(8-14-12)16-17(18,15-6-2)19-9-10(3)4/h7-8,10H,5-6,9H2,1-4H3. The highest BCUT2D eigenvalue weighted by Crippen LogP contribution is 2.60. The van der Waals surface area contributed by atoms with Crippen LogP contribution in [0.4, 0.5) is 0 Å². The number of hydrogen-bond donors (Lipinski definition) is 0. The van der Waals surface area contributed by atoms with E-state index < -0.39 is 5.69 Å². The van der Waals surface area contributed by atoms with E-state index in [-0.39, 0.29) is 0 Å². The van der Waals surface area contributed by atoms with Crippen LogP contribution >= 0.6 is 17.1 Å². The molecular formula is C12H21N2O2PS2. The SMILES string of the molecule is CCOP(=S)(Oc1cnc(CC)nc1)SCC(C)C. The molecule has 0 aliphatic heterocycles. The molecule has 1 rings (SSSR count). The molecule has 0 saturated heterocycles. The Hall–Kier alpha value is -0.160. The lowest BCUT2D eigenvalue weighted by molar-refractivity contribution is 0.343. The van der Waals surface area contributed by atoms with E-state index >= 15 is 0 Å². The predicted molar refractivity (Wildman–Crippen MR) is 85.2 cm³/mol. The van der Waals surface area contributed by atoms with Gasteiger partial charge in [0.25, 0.3) is 5.69 Å². The number of rotatable bonds is 8. The molecule has 1 aromatic heterocycles. The molecule has 0 amide bonds. The van der Waals surface area contributed by atoms with Crippen molar-refractivity contribution in [1.82, 2.24) is 9.97 Å². The first kappa shape index (κ1) is 16.9. The van der Waals surface area contributed by atoms with Gasteiger partial charge in [0, 0.05) is 12.2 Å². The van der Waals surface area contributed by atoms with Crippen LogP contribution in [-0.2, 0) is 22.8 Å². The maximum atomic E-state index is 5.83. The van der Waals surface area contributed by atoms with Gasteiger partial charge in [-0.15, -0.1) is 0 Å². The van der Waals surface area contributed by atoms with E-state index in [1.54, 1.807) is 23.8 Å². The van der Waals surface area contributed by atoms with Gasteiger partial charge in [0.1, 0.15) is 5.82 Å². The van der Waals surface area contributed by atoms with Crippen LogP contribution in [-0.4, -0.2) is 22.3 Å². The molecular weight excluding hydrogens is 299 g/mol. The predicted octanol–water partition coefficient (Wildman–Crippen LogP) is 4.07. The Morgan fingerprint density at radius 1 is 1.32 bits per heavy atom. The van der Waals surface area contributed by atoms with Crippen molar-refractivity contribution in [3.05, 3.63) is 18.2 Å². The monoisotopic (exact) mass is 320 g/mol. The van der Waals surface area contributed by atoms with Gasteiger partial charge in [-0.25, -0.2) is 9.97 Å². The molecule has 7 heteroatoms. The molecule has 1 heterocycles.